The van der Waals surface area contributed by atoms with E-state index < -0.39 is 0 Å². The monoisotopic (exact) mass is 176 g/mol. The molecule has 1 nitrogen and oxygen atoms in total. The molecule has 2 atom stereocenters. The number of allylic oxidation sites excluding steroid dienone is 1. The van der Waals surface area contributed by atoms with Crippen LogP contribution in [0.4, 0.5) is 0 Å². The van der Waals surface area contributed by atoms with E-state index in [1.807, 2.05) is 24.3 Å². The Morgan fingerprint density at radius 1 is 1.38 bits per heavy atom. The minimum Gasteiger partial charge on any atom is -0.393 e. The maximum absolute atomic E-state index is 9.27. The van der Waals surface area contributed by atoms with Crippen molar-refractivity contribution in [3.63, 3.8) is 0 Å². The minimum atomic E-state index is -0.275. The minimum absolute atomic E-state index is 0.265. The maximum atomic E-state index is 9.27. The highest BCUT2D eigenvalue weighted by Gasteiger charge is 2.09. The number of aliphatic hydroxyl groups is 1. The van der Waals surface area contributed by atoms with Gasteiger partial charge in [-0.3, -0.25) is 0 Å². The topological polar surface area (TPSA) is 20.2 Å². The lowest BCUT2D eigenvalue weighted by Crippen LogP contribution is -2.06. The summed E-state index contributed by atoms with van der Waals surface area (Å²) in [6.45, 7) is 5.58. The fraction of sp³-hybridized carbons (Fsp3) is 0.333. The summed E-state index contributed by atoms with van der Waals surface area (Å²) in [5.74, 6) is 0.265. The predicted molar refractivity (Wildman–Crippen MR) is 55.7 cm³/mol. The molecule has 1 aromatic rings. The SMILES string of the molecule is C=CC(CC(C)O)c1ccccc1. The molecular formula is C12H16O. The van der Waals surface area contributed by atoms with Crippen LogP contribution in [0.2, 0.25) is 0 Å². The first kappa shape index (κ1) is 10.0. The van der Waals surface area contributed by atoms with Gasteiger partial charge < -0.3 is 5.11 Å². The maximum Gasteiger partial charge on any atom is 0.0520 e. The van der Waals surface area contributed by atoms with Gasteiger partial charge >= 0.3 is 0 Å². The zero-order valence-electron chi connectivity index (χ0n) is 7.98. The van der Waals surface area contributed by atoms with Crippen LogP contribution in [0.1, 0.15) is 24.8 Å². The van der Waals surface area contributed by atoms with Crippen molar-refractivity contribution in [2.24, 2.45) is 0 Å². The van der Waals surface area contributed by atoms with E-state index in [0.717, 1.165) is 6.42 Å². The van der Waals surface area contributed by atoms with Gasteiger partial charge in [-0.2, -0.15) is 0 Å². The van der Waals surface area contributed by atoms with Crippen molar-refractivity contribution in [3.8, 4) is 0 Å². The second-order valence-electron chi connectivity index (χ2n) is 3.34. The van der Waals surface area contributed by atoms with Gasteiger partial charge in [-0.05, 0) is 18.9 Å². The van der Waals surface area contributed by atoms with Crippen molar-refractivity contribution in [3.05, 3.63) is 48.6 Å². The van der Waals surface area contributed by atoms with Gasteiger partial charge in [0.2, 0.25) is 0 Å². The molecule has 0 radical (unpaired) electrons. The Labute approximate surface area is 79.7 Å². The fourth-order valence-electron chi connectivity index (χ4n) is 1.44. The van der Waals surface area contributed by atoms with E-state index in [-0.39, 0.29) is 12.0 Å². The van der Waals surface area contributed by atoms with Crippen LogP contribution in [-0.4, -0.2) is 11.2 Å². The first-order valence-corrected chi connectivity index (χ1v) is 4.59. The Morgan fingerprint density at radius 3 is 2.46 bits per heavy atom. The van der Waals surface area contributed by atoms with E-state index >= 15 is 0 Å². The van der Waals surface area contributed by atoms with E-state index in [1.165, 1.54) is 5.56 Å². The summed E-state index contributed by atoms with van der Waals surface area (Å²) in [5.41, 5.74) is 1.22. The van der Waals surface area contributed by atoms with Gasteiger partial charge in [0.25, 0.3) is 0 Å². The molecule has 1 N–H and O–H groups in total. The molecule has 0 saturated heterocycles. The highest BCUT2D eigenvalue weighted by molar-refractivity contribution is 5.23. The molecule has 0 aliphatic carbocycles. The van der Waals surface area contributed by atoms with Gasteiger partial charge in [0.05, 0.1) is 6.10 Å². The Hall–Kier alpha value is -1.08. The lowest BCUT2D eigenvalue weighted by Gasteiger charge is -2.14. The first-order chi connectivity index (χ1) is 6.24. The average Bonchev–Trinajstić information content (AvgIpc) is 2.15. The van der Waals surface area contributed by atoms with Crippen molar-refractivity contribution in [1.29, 1.82) is 0 Å². The first-order valence-electron chi connectivity index (χ1n) is 4.59. The molecule has 1 heteroatoms. The second kappa shape index (κ2) is 4.83. The van der Waals surface area contributed by atoms with Gasteiger partial charge in [0.15, 0.2) is 0 Å². The lowest BCUT2D eigenvalue weighted by molar-refractivity contribution is 0.180. The molecule has 70 valence electrons. The van der Waals surface area contributed by atoms with Crippen LogP contribution >= 0.6 is 0 Å². The molecule has 0 spiro atoms. The number of hydrogen-bond acceptors (Lipinski definition) is 1. The molecule has 0 amide bonds. The number of rotatable bonds is 4. The molecule has 0 saturated carbocycles. The molecule has 0 bridgehead atoms. The summed E-state index contributed by atoms with van der Waals surface area (Å²) in [5, 5.41) is 9.27. The van der Waals surface area contributed by atoms with E-state index in [1.54, 1.807) is 6.92 Å². The smallest absolute Gasteiger partial charge is 0.0520 e. The molecular weight excluding hydrogens is 160 g/mol. The van der Waals surface area contributed by atoms with E-state index in [2.05, 4.69) is 18.7 Å². The van der Waals surface area contributed by atoms with Crippen molar-refractivity contribution in [2.75, 3.05) is 0 Å². The van der Waals surface area contributed by atoms with E-state index in [4.69, 9.17) is 0 Å². The highest BCUT2D eigenvalue weighted by atomic mass is 16.3. The summed E-state index contributed by atoms with van der Waals surface area (Å²) >= 11 is 0. The van der Waals surface area contributed by atoms with Crippen molar-refractivity contribution in [2.45, 2.75) is 25.4 Å². The molecule has 0 aromatic heterocycles. The van der Waals surface area contributed by atoms with Gasteiger partial charge in [-0.15, -0.1) is 6.58 Å². The van der Waals surface area contributed by atoms with Crippen LogP contribution in [0.3, 0.4) is 0 Å². The third kappa shape index (κ3) is 3.03. The molecule has 0 fully saturated rings. The summed E-state index contributed by atoms with van der Waals surface area (Å²) in [4.78, 5) is 0. The lowest BCUT2D eigenvalue weighted by atomic mass is 9.94. The normalized spacial score (nSPS) is 14.9. The van der Waals surface area contributed by atoms with Crippen molar-refractivity contribution in [1.82, 2.24) is 0 Å². The van der Waals surface area contributed by atoms with Crippen molar-refractivity contribution >= 4 is 0 Å². The summed E-state index contributed by atoms with van der Waals surface area (Å²) in [6, 6.07) is 10.1. The standard InChI is InChI=1S/C12H16O/c1-3-11(9-10(2)13)12-7-5-4-6-8-12/h3-8,10-11,13H,1,9H2,2H3. The highest BCUT2D eigenvalue weighted by Crippen LogP contribution is 2.21. The fourth-order valence-corrected chi connectivity index (χ4v) is 1.44. The zero-order valence-corrected chi connectivity index (χ0v) is 7.98. The summed E-state index contributed by atoms with van der Waals surface area (Å²) in [6.07, 6.45) is 2.36. The van der Waals surface area contributed by atoms with E-state index in [9.17, 15) is 5.11 Å². The Balaban J connectivity index is 2.73. The number of benzene rings is 1. The van der Waals surface area contributed by atoms with Crippen LogP contribution in [0, 0.1) is 0 Å². The molecule has 0 aliphatic rings. The van der Waals surface area contributed by atoms with Gasteiger partial charge in [-0.1, -0.05) is 36.4 Å². The van der Waals surface area contributed by atoms with Gasteiger partial charge in [-0.25, -0.2) is 0 Å². The molecule has 0 aliphatic heterocycles. The predicted octanol–water partition coefficient (Wildman–Crippen LogP) is 2.73. The summed E-state index contributed by atoms with van der Waals surface area (Å²) < 4.78 is 0. The van der Waals surface area contributed by atoms with Crippen LogP contribution < -0.4 is 0 Å². The zero-order chi connectivity index (χ0) is 9.68. The van der Waals surface area contributed by atoms with Crippen LogP contribution in [-0.2, 0) is 0 Å². The van der Waals surface area contributed by atoms with E-state index in [0.29, 0.717) is 0 Å². The third-order valence-corrected chi connectivity index (χ3v) is 2.11. The average molecular weight is 176 g/mol. The largest absolute Gasteiger partial charge is 0.393 e. The Kier molecular flexibility index (Phi) is 3.71. The summed E-state index contributed by atoms with van der Waals surface area (Å²) in [7, 11) is 0. The molecule has 1 rings (SSSR count). The number of aliphatic hydroxyl groups excluding tert-OH is 1. The third-order valence-electron chi connectivity index (χ3n) is 2.11. The molecule has 1 aromatic carbocycles. The molecule has 2 unspecified atom stereocenters. The Bertz CT molecular complexity index is 251. The van der Waals surface area contributed by atoms with Crippen LogP contribution in [0.15, 0.2) is 43.0 Å². The number of hydrogen-bond donors (Lipinski definition) is 1. The van der Waals surface area contributed by atoms with Crippen molar-refractivity contribution < 1.29 is 5.11 Å². The van der Waals surface area contributed by atoms with Crippen LogP contribution in [0.25, 0.3) is 0 Å². The second-order valence-corrected chi connectivity index (χ2v) is 3.34. The molecule has 0 heterocycles. The van der Waals surface area contributed by atoms with Crippen LogP contribution in [0.5, 0.6) is 0 Å². The van der Waals surface area contributed by atoms with Gasteiger partial charge in [0.1, 0.15) is 0 Å². The van der Waals surface area contributed by atoms with Gasteiger partial charge in [0, 0.05) is 5.92 Å². The Morgan fingerprint density at radius 2 is 2.00 bits per heavy atom. The molecule has 13 heavy (non-hydrogen) atoms. The quantitative estimate of drug-likeness (QED) is 0.699.